The first-order valence-corrected chi connectivity index (χ1v) is 4.23. The average molecular weight is 212 g/mol. The average Bonchev–Trinajstić information content (AvgIpc) is 2.18. The molecule has 1 atom stereocenters. The number of alkyl halides is 2. The number of hydrogen-bond donors (Lipinski definition) is 1. The van der Waals surface area contributed by atoms with Crippen LogP contribution in [0.4, 0.5) is 10.1 Å². The minimum atomic E-state index is -2.05. The lowest BCUT2D eigenvalue weighted by Gasteiger charge is -2.04. The van der Waals surface area contributed by atoms with Crippen LogP contribution in [0.1, 0.15) is 5.56 Å². The second-order valence-corrected chi connectivity index (χ2v) is 2.90. The predicted octanol–water partition coefficient (Wildman–Crippen LogP) is 2.14. The van der Waals surface area contributed by atoms with Gasteiger partial charge in [-0.25, -0.2) is 4.39 Å². The fourth-order valence-corrected chi connectivity index (χ4v) is 0.938. The highest BCUT2D eigenvalue weighted by molar-refractivity contribution is 6.31. The molecule has 0 fully saturated rings. The van der Waals surface area contributed by atoms with Crippen molar-refractivity contribution in [3.63, 3.8) is 0 Å². The summed E-state index contributed by atoms with van der Waals surface area (Å²) in [7, 11) is 0. The van der Waals surface area contributed by atoms with Gasteiger partial charge in [0, 0.05) is 11.3 Å². The maximum atomic E-state index is 12.3. The van der Waals surface area contributed by atoms with E-state index in [1.165, 1.54) is 0 Å². The number of benzene rings is 1. The lowest BCUT2D eigenvalue weighted by molar-refractivity contribution is -0.118. The van der Waals surface area contributed by atoms with E-state index < -0.39 is 11.5 Å². The van der Waals surface area contributed by atoms with E-state index in [1.54, 1.807) is 24.3 Å². The summed E-state index contributed by atoms with van der Waals surface area (Å²) >= 11 is 4.93. The topological polar surface area (TPSA) is 29.1 Å². The van der Waals surface area contributed by atoms with E-state index in [1.807, 2.05) is 0 Å². The molecule has 0 spiro atoms. The molecular weight excluding hydrogens is 205 g/mol. The van der Waals surface area contributed by atoms with Crippen LogP contribution in [-0.2, 0) is 4.79 Å². The molecule has 0 radical (unpaired) electrons. The lowest BCUT2D eigenvalue weighted by Crippen LogP contribution is -2.19. The minimum Gasteiger partial charge on any atom is -0.322 e. The van der Waals surface area contributed by atoms with Gasteiger partial charge in [-0.2, -0.15) is 0 Å². The van der Waals surface area contributed by atoms with Gasteiger partial charge in [-0.1, -0.05) is 23.6 Å². The van der Waals surface area contributed by atoms with Crippen LogP contribution in [-0.4, -0.2) is 11.5 Å². The maximum absolute atomic E-state index is 12.3. The maximum Gasteiger partial charge on any atom is 0.274 e. The Kier molecular flexibility index (Phi) is 3.49. The third-order valence-corrected chi connectivity index (χ3v) is 1.69. The summed E-state index contributed by atoms with van der Waals surface area (Å²) in [5, 5.41) is 2.27. The smallest absolute Gasteiger partial charge is 0.274 e. The fourth-order valence-electron chi connectivity index (χ4n) is 0.884. The molecule has 1 rings (SSSR count). The van der Waals surface area contributed by atoms with Crippen LogP contribution < -0.4 is 5.32 Å². The third kappa shape index (κ3) is 2.75. The third-order valence-electron chi connectivity index (χ3n) is 1.49. The molecule has 1 unspecified atom stereocenters. The molecule has 0 aliphatic heterocycles. The molecule has 1 aromatic carbocycles. The Morgan fingerprint density at radius 3 is 2.93 bits per heavy atom. The van der Waals surface area contributed by atoms with Crippen molar-refractivity contribution in [3.05, 3.63) is 29.8 Å². The number of nitrogens with one attached hydrogen (secondary N) is 1. The molecule has 4 heteroatoms. The highest BCUT2D eigenvalue weighted by Crippen LogP contribution is 2.11. The highest BCUT2D eigenvalue weighted by Gasteiger charge is 2.12. The molecule has 2 nitrogen and oxygen atoms in total. The molecule has 0 saturated heterocycles. The van der Waals surface area contributed by atoms with Crippen molar-refractivity contribution in [1.82, 2.24) is 0 Å². The number of terminal acetylenes is 1. The zero-order valence-corrected chi connectivity index (χ0v) is 7.88. The van der Waals surface area contributed by atoms with E-state index in [0.29, 0.717) is 11.3 Å². The Morgan fingerprint density at radius 2 is 2.36 bits per heavy atom. The number of hydrogen-bond acceptors (Lipinski definition) is 1. The molecular formula is C10H7ClFNO. The molecule has 0 aromatic heterocycles. The van der Waals surface area contributed by atoms with Crippen molar-refractivity contribution in [2.75, 3.05) is 5.32 Å². The molecule has 0 heterocycles. The standard InChI is InChI=1S/C10H7ClFNO/c1-2-7-4-3-5-8(6-7)13-10(14)9(11)12/h1,3-6,9H,(H,13,14). The van der Waals surface area contributed by atoms with Crippen LogP contribution in [0.5, 0.6) is 0 Å². The largest absolute Gasteiger partial charge is 0.322 e. The number of rotatable bonds is 2. The zero-order chi connectivity index (χ0) is 10.6. The summed E-state index contributed by atoms with van der Waals surface area (Å²) in [6.07, 6.45) is 5.15. The van der Waals surface area contributed by atoms with Crippen molar-refractivity contribution in [3.8, 4) is 12.3 Å². The summed E-state index contributed by atoms with van der Waals surface area (Å²) in [5.74, 6) is 1.49. The van der Waals surface area contributed by atoms with Crippen LogP contribution >= 0.6 is 11.6 Å². The number of carbonyl (C=O) groups is 1. The van der Waals surface area contributed by atoms with Gasteiger partial charge in [0.15, 0.2) is 0 Å². The van der Waals surface area contributed by atoms with Gasteiger partial charge in [-0.3, -0.25) is 4.79 Å². The molecule has 0 aliphatic carbocycles. The Hall–Kier alpha value is -1.53. The Bertz CT molecular complexity index is 384. The second kappa shape index (κ2) is 4.64. The molecule has 0 aliphatic rings. The van der Waals surface area contributed by atoms with E-state index >= 15 is 0 Å². The monoisotopic (exact) mass is 211 g/mol. The van der Waals surface area contributed by atoms with Crippen LogP contribution in [0.3, 0.4) is 0 Å². The van der Waals surface area contributed by atoms with Crippen molar-refractivity contribution in [2.45, 2.75) is 5.63 Å². The van der Waals surface area contributed by atoms with Crippen molar-refractivity contribution in [1.29, 1.82) is 0 Å². The Balaban J connectivity index is 2.78. The van der Waals surface area contributed by atoms with Crippen LogP contribution in [0.15, 0.2) is 24.3 Å². The first kappa shape index (κ1) is 10.6. The first-order chi connectivity index (χ1) is 6.63. The SMILES string of the molecule is C#Cc1cccc(NC(=O)C(F)Cl)c1. The van der Waals surface area contributed by atoms with E-state index in [2.05, 4.69) is 11.2 Å². The first-order valence-electron chi connectivity index (χ1n) is 3.79. The summed E-state index contributed by atoms with van der Waals surface area (Å²) < 4.78 is 12.3. The normalized spacial score (nSPS) is 11.5. The minimum absolute atomic E-state index is 0.425. The quantitative estimate of drug-likeness (QED) is 0.590. The zero-order valence-electron chi connectivity index (χ0n) is 7.13. The molecule has 72 valence electrons. The summed E-state index contributed by atoms with van der Waals surface area (Å²) in [6, 6.07) is 6.50. The van der Waals surface area contributed by atoms with Crippen LogP contribution in [0, 0.1) is 12.3 Å². The number of carbonyl (C=O) groups excluding carboxylic acids is 1. The van der Waals surface area contributed by atoms with Crippen molar-refractivity contribution >= 4 is 23.2 Å². The van der Waals surface area contributed by atoms with Gasteiger partial charge in [0.05, 0.1) is 0 Å². The van der Waals surface area contributed by atoms with Crippen LogP contribution in [0.25, 0.3) is 0 Å². The van der Waals surface area contributed by atoms with E-state index in [4.69, 9.17) is 18.0 Å². The highest BCUT2D eigenvalue weighted by atomic mass is 35.5. The lowest BCUT2D eigenvalue weighted by atomic mass is 10.2. The van der Waals surface area contributed by atoms with E-state index in [0.717, 1.165) is 0 Å². The fraction of sp³-hybridized carbons (Fsp3) is 0.100. The van der Waals surface area contributed by atoms with Gasteiger partial charge < -0.3 is 5.32 Å². The second-order valence-electron chi connectivity index (χ2n) is 2.52. The van der Waals surface area contributed by atoms with Crippen molar-refractivity contribution < 1.29 is 9.18 Å². The van der Waals surface area contributed by atoms with Gasteiger partial charge in [0.25, 0.3) is 11.5 Å². The molecule has 0 bridgehead atoms. The molecule has 1 N–H and O–H groups in total. The summed E-state index contributed by atoms with van der Waals surface area (Å²) in [4.78, 5) is 10.8. The Labute approximate surface area is 86.1 Å². The van der Waals surface area contributed by atoms with Gasteiger partial charge in [-0.15, -0.1) is 6.42 Å². The van der Waals surface area contributed by atoms with Gasteiger partial charge in [0.1, 0.15) is 0 Å². The summed E-state index contributed by atoms with van der Waals surface area (Å²) in [6.45, 7) is 0. The van der Waals surface area contributed by atoms with Crippen molar-refractivity contribution in [2.24, 2.45) is 0 Å². The number of amides is 1. The van der Waals surface area contributed by atoms with E-state index in [9.17, 15) is 9.18 Å². The number of anilines is 1. The van der Waals surface area contributed by atoms with Gasteiger partial charge >= 0.3 is 0 Å². The summed E-state index contributed by atoms with van der Waals surface area (Å²) in [5.41, 5.74) is -1.02. The molecule has 14 heavy (non-hydrogen) atoms. The van der Waals surface area contributed by atoms with Crippen LogP contribution in [0.2, 0.25) is 0 Å². The molecule has 0 saturated carbocycles. The molecule has 1 amide bonds. The molecule has 1 aromatic rings. The van der Waals surface area contributed by atoms with Gasteiger partial charge in [0.2, 0.25) is 0 Å². The number of halogens is 2. The Morgan fingerprint density at radius 1 is 1.64 bits per heavy atom. The van der Waals surface area contributed by atoms with E-state index in [-0.39, 0.29) is 0 Å². The predicted molar refractivity (Wildman–Crippen MR) is 53.8 cm³/mol. The van der Waals surface area contributed by atoms with Gasteiger partial charge in [-0.05, 0) is 18.2 Å².